The number of hydrogen-bond donors (Lipinski definition) is 1. The van der Waals surface area contributed by atoms with E-state index < -0.39 is 0 Å². The quantitative estimate of drug-likeness (QED) is 0.690. The molecule has 70 valence electrons. The van der Waals surface area contributed by atoms with Gasteiger partial charge in [-0.05, 0) is 12.8 Å². The smallest absolute Gasteiger partial charge is 0.225 e. The lowest BCUT2D eigenvalue weighted by Gasteiger charge is -2.33. The Balaban J connectivity index is 2.63. The Kier molecular flexibility index (Phi) is 3.09. The molecular formula is C9H17NO2. The first kappa shape index (κ1) is 9.52. The molecule has 3 heteroatoms. The molecular weight excluding hydrogens is 154 g/mol. The number of primary amides is 1. The van der Waals surface area contributed by atoms with Crippen molar-refractivity contribution in [3.05, 3.63) is 0 Å². The number of methoxy groups -OCH3 is 1. The third-order valence-corrected chi connectivity index (χ3v) is 2.75. The van der Waals surface area contributed by atoms with Crippen LogP contribution >= 0.6 is 0 Å². The highest BCUT2D eigenvalue weighted by Gasteiger charge is 2.37. The first-order chi connectivity index (χ1) is 5.71. The van der Waals surface area contributed by atoms with Gasteiger partial charge in [0.05, 0.1) is 12.0 Å². The van der Waals surface area contributed by atoms with E-state index in [1.807, 2.05) is 0 Å². The number of ether oxygens (including phenoxy) is 1. The maximum absolute atomic E-state index is 11.2. The van der Waals surface area contributed by atoms with Gasteiger partial charge < -0.3 is 10.5 Å². The summed E-state index contributed by atoms with van der Waals surface area (Å²) in [4.78, 5) is 11.2. The zero-order valence-corrected chi connectivity index (χ0v) is 7.64. The lowest BCUT2D eigenvalue weighted by Crippen LogP contribution is -2.42. The monoisotopic (exact) mass is 171 g/mol. The highest BCUT2D eigenvalue weighted by Crippen LogP contribution is 2.35. The Morgan fingerprint density at radius 3 is 2.42 bits per heavy atom. The minimum atomic E-state index is -0.354. The van der Waals surface area contributed by atoms with E-state index in [9.17, 15) is 4.79 Å². The summed E-state index contributed by atoms with van der Waals surface area (Å²) in [5.74, 6) is -0.191. The predicted molar refractivity (Wildman–Crippen MR) is 46.6 cm³/mol. The number of rotatable bonds is 3. The molecule has 12 heavy (non-hydrogen) atoms. The maximum atomic E-state index is 11.2. The first-order valence-electron chi connectivity index (χ1n) is 4.50. The molecule has 1 rings (SSSR count). The van der Waals surface area contributed by atoms with E-state index >= 15 is 0 Å². The summed E-state index contributed by atoms with van der Waals surface area (Å²) < 4.78 is 5.05. The molecule has 0 atom stereocenters. The molecule has 1 amide bonds. The van der Waals surface area contributed by atoms with Crippen LogP contribution in [0.2, 0.25) is 0 Å². The van der Waals surface area contributed by atoms with E-state index in [0.717, 1.165) is 25.7 Å². The number of hydrogen-bond acceptors (Lipinski definition) is 2. The summed E-state index contributed by atoms with van der Waals surface area (Å²) in [6.07, 6.45) is 5.23. The molecule has 2 N–H and O–H groups in total. The Bertz CT molecular complexity index is 156. The minimum Gasteiger partial charge on any atom is -0.384 e. The zero-order chi connectivity index (χ0) is 9.03. The van der Waals surface area contributed by atoms with Crippen LogP contribution in [0.4, 0.5) is 0 Å². The Labute approximate surface area is 73.3 Å². The summed E-state index contributed by atoms with van der Waals surface area (Å²) in [6.45, 7) is 0.488. The van der Waals surface area contributed by atoms with Crippen LogP contribution < -0.4 is 5.73 Å². The number of carbonyl (C=O) groups excluding carboxylic acids is 1. The topological polar surface area (TPSA) is 52.3 Å². The molecule has 0 spiro atoms. The predicted octanol–water partition coefficient (Wildman–Crippen LogP) is 1.07. The molecule has 0 aromatic heterocycles. The van der Waals surface area contributed by atoms with Gasteiger partial charge in [-0.1, -0.05) is 19.3 Å². The van der Waals surface area contributed by atoms with Crippen molar-refractivity contribution in [2.75, 3.05) is 13.7 Å². The van der Waals surface area contributed by atoms with Gasteiger partial charge in [0.25, 0.3) is 0 Å². The number of nitrogens with two attached hydrogens (primary N) is 1. The molecule has 1 saturated carbocycles. The van der Waals surface area contributed by atoms with Crippen molar-refractivity contribution in [2.24, 2.45) is 11.1 Å². The standard InChI is InChI=1S/C9H17NO2/c1-12-7-9(8(10)11)5-3-2-4-6-9/h2-7H2,1H3,(H2,10,11). The number of amides is 1. The first-order valence-corrected chi connectivity index (χ1v) is 4.50. The van der Waals surface area contributed by atoms with Crippen molar-refractivity contribution in [1.82, 2.24) is 0 Å². The van der Waals surface area contributed by atoms with Gasteiger partial charge in [-0.25, -0.2) is 0 Å². The van der Waals surface area contributed by atoms with E-state index in [-0.39, 0.29) is 11.3 Å². The van der Waals surface area contributed by atoms with Crippen molar-refractivity contribution in [3.8, 4) is 0 Å². The van der Waals surface area contributed by atoms with Gasteiger partial charge in [0, 0.05) is 7.11 Å². The van der Waals surface area contributed by atoms with Crippen LogP contribution in [0.5, 0.6) is 0 Å². The van der Waals surface area contributed by atoms with Crippen LogP contribution in [0.15, 0.2) is 0 Å². The average molecular weight is 171 g/mol. The van der Waals surface area contributed by atoms with Crippen molar-refractivity contribution in [3.63, 3.8) is 0 Å². The second-order valence-electron chi connectivity index (χ2n) is 3.64. The molecule has 0 bridgehead atoms. The van der Waals surface area contributed by atoms with Crippen LogP contribution in [-0.4, -0.2) is 19.6 Å². The van der Waals surface area contributed by atoms with E-state index in [2.05, 4.69) is 0 Å². The fraction of sp³-hybridized carbons (Fsp3) is 0.889. The zero-order valence-electron chi connectivity index (χ0n) is 7.64. The third-order valence-electron chi connectivity index (χ3n) is 2.75. The Hall–Kier alpha value is -0.570. The van der Waals surface area contributed by atoms with E-state index in [1.54, 1.807) is 7.11 Å². The van der Waals surface area contributed by atoms with Crippen molar-refractivity contribution in [2.45, 2.75) is 32.1 Å². The lowest BCUT2D eigenvalue weighted by atomic mass is 9.74. The van der Waals surface area contributed by atoms with Crippen LogP contribution in [0.3, 0.4) is 0 Å². The molecule has 0 saturated heterocycles. The highest BCUT2D eigenvalue weighted by molar-refractivity contribution is 5.81. The van der Waals surface area contributed by atoms with E-state index in [4.69, 9.17) is 10.5 Å². The van der Waals surface area contributed by atoms with Crippen LogP contribution in [0.25, 0.3) is 0 Å². The van der Waals surface area contributed by atoms with Crippen molar-refractivity contribution >= 4 is 5.91 Å². The summed E-state index contributed by atoms with van der Waals surface area (Å²) in [6, 6.07) is 0. The summed E-state index contributed by atoms with van der Waals surface area (Å²) >= 11 is 0. The third kappa shape index (κ3) is 1.78. The van der Waals surface area contributed by atoms with Crippen LogP contribution in [0, 0.1) is 5.41 Å². The highest BCUT2D eigenvalue weighted by atomic mass is 16.5. The molecule has 0 aromatic rings. The van der Waals surface area contributed by atoms with Gasteiger partial charge in [0.2, 0.25) is 5.91 Å². The van der Waals surface area contributed by atoms with Crippen molar-refractivity contribution in [1.29, 1.82) is 0 Å². The largest absolute Gasteiger partial charge is 0.384 e. The van der Waals surface area contributed by atoms with Gasteiger partial charge >= 0.3 is 0 Å². The van der Waals surface area contributed by atoms with Crippen molar-refractivity contribution < 1.29 is 9.53 Å². The molecule has 0 aromatic carbocycles. The number of carbonyl (C=O) groups is 1. The fourth-order valence-corrected chi connectivity index (χ4v) is 1.97. The van der Waals surface area contributed by atoms with Gasteiger partial charge in [-0.15, -0.1) is 0 Å². The lowest BCUT2D eigenvalue weighted by molar-refractivity contribution is -0.133. The Morgan fingerprint density at radius 1 is 1.42 bits per heavy atom. The maximum Gasteiger partial charge on any atom is 0.225 e. The second kappa shape index (κ2) is 3.90. The van der Waals surface area contributed by atoms with Gasteiger partial charge in [0.15, 0.2) is 0 Å². The molecule has 0 heterocycles. The molecule has 0 radical (unpaired) electrons. The molecule has 3 nitrogen and oxygen atoms in total. The molecule has 1 aliphatic carbocycles. The minimum absolute atomic E-state index is 0.191. The van der Waals surface area contributed by atoms with Crippen LogP contribution in [0.1, 0.15) is 32.1 Å². The fourth-order valence-electron chi connectivity index (χ4n) is 1.97. The summed E-state index contributed by atoms with van der Waals surface area (Å²) in [5, 5.41) is 0. The normalized spacial score (nSPS) is 22.1. The van der Waals surface area contributed by atoms with E-state index in [0.29, 0.717) is 6.61 Å². The molecule has 0 unspecified atom stereocenters. The SMILES string of the molecule is COCC1(C(N)=O)CCCCC1. The van der Waals surface area contributed by atoms with Gasteiger partial charge in [-0.2, -0.15) is 0 Å². The average Bonchev–Trinajstić information content (AvgIpc) is 2.06. The molecule has 1 fully saturated rings. The summed E-state index contributed by atoms with van der Waals surface area (Å²) in [5.41, 5.74) is 5.02. The van der Waals surface area contributed by atoms with Gasteiger partial charge in [-0.3, -0.25) is 4.79 Å². The van der Waals surface area contributed by atoms with E-state index in [1.165, 1.54) is 6.42 Å². The van der Waals surface area contributed by atoms with Gasteiger partial charge in [0.1, 0.15) is 0 Å². The van der Waals surface area contributed by atoms with Crippen LogP contribution in [-0.2, 0) is 9.53 Å². The molecule has 1 aliphatic rings. The molecule has 0 aliphatic heterocycles. The summed E-state index contributed by atoms with van der Waals surface area (Å²) in [7, 11) is 1.62. The Morgan fingerprint density at radius 2 is 2.00 bits per heavy atom. The second-order valence-corrected chi connectivity index (χ2v) is 3.64.